The fraction of sp³-hybridized carbons (Fsp3) is 0.278. The summed E-state index contributed by atoms with van der Waals surface area (Å²) >= 11 is 0. The third-order valence-corrected chi connectivity index (χ3v) is 5.64. The van der Waals surface area contributed by atoms with Crippen LogP contribution in [-0.4, -0.2) is 25.8 Å². The SMILES string of the molecule is O=C1CCCN1Cc1ccccc1CNS(=O)(=O)c1ccc(F)cc1. The quantitative estimate of drug-likeness (QED) is 0.858. The van der Waals surface area contributed by atoms with Crippen molar-refractivity contribution < 1.29 is 17.6 Å². The van der Waals surface area contributed by atoms with Gasteiger partial charge >= 0.3 is 0 Å². The van der Waals surface area contributed by atoms with Crippen LogP contribution in [0.15, 0.2) is 53.4 Å². The third kappa shape index (κ3) is 4.24. The Kier molecular flexibility index (Phi) is 5.15. The van der Waals surface area contributed by atoms with Crippen molar-refractivity contribution in [3.05, 3.63) is 65.5 Å². The van der Waals surface area contributed by atoms with Crippen molar-refractivity contribution in [3.63, 3.8) is 0 Å². The number of sulfonamides is 1. The van der Waals surface area contributed by atoms with E-state index in [0.717, 1.165) is 36.2 Å². The van der Waals surface area contributed by atoms with Gasteiger partial charge in [-0.3, -0.25) is 4.79 Å². The first kappa shape index (κ1) is 17.6. The molecule has 0 bridgehead atoms. The van der Waals surface area contributed by atoms with Crippen LogP contribution in [0.25, 0.3) is 0 Å². The molecular formula is C18H19FN2O3S. The minimum Gasteiger partial charge on any atom is -0.338 e. The first-order valence-electron chi connectivity index (χ1n) is 8.05. The van der Waals surface area contributed by atoms with Gasteiger partial charge in [0.05, 0.1) is 4.90 Å². The van der Waals surface area contributed by atoms with Crippen LogP contribution in [-0.2, 0) is 27.9 Å². The van der Waals surface area contributed by atoms with Gasteiger partial charge in [-0.05, 0) is 41.8 Å². The number of benzene rings is 2. The van der Waals surface area contributed by atoms with Gasteiger partial charge in [-0.2, -0.15) is 0 Å². The van der Waals surface area contributed by atoms with Crippen LogP contribution in [0.4, 0.5) is 4.39 Å². The van der Waals surface area contributed by atoms with Crippen LogP contribution in [0, 0.1) is 5.82 Å². The zero-order valence-corrected chi connectivity index (χ0v) is 14.4. The number of hydrogen-bond donors (Lipinski definition) is 1. The highest BCUT2D eigenvalue weighted by molar-refractivity contribution is 7.89. The minimum absolute atomic E-state index is 0.0149. The number of nitrogens with zero attached hydrogens (tertiary/aromatic N) is 1. The molecule has 132 valence electrons. The number of carbonyl (C=O) groups excluding carboxylic acids is 1. The molecule has 1 N–H and O–H groups in total. The number of halogens is 1. The van der Waals surface area contributed by atoms with Gasteiger partial charge in [-0.25, -0.2) is 17.5 Å². The molecule has 2 aromatic rings. The average Bonchev–Trinajstić information content (AvgIpc) is 2.99. The third-order valence-electron chi connectivity index (χ3n) is 4.23. The molecule has 0 spiro atoms. The number of hydrogen-bond acceptors (Lipinski definition) is 3. The van der Waals surface area contributed by atoms with E-state index in [-0.39, 0.29) is 17.3 Å². The highest BCUT2D eigenvalue weighted by Crippen LogP contribution is 2.18. The van der Waals surface area contributed by atoms with E-state index in [2.05, 4.69) is 4.72 Å². The van der Waals surface area contributed by atoms with Crippen molar-refractivity contribution in [3.8, 4) is 0 Å². The summed E-state index contributed by atoms with van der Waals surface area (Å²) in [6.45, 7) is 1.32. The molecule has 0 aromatic heterocycles. The zero-order chi connectivity index (χ0) is 17.9. The van der Waals surface area contributed by atoms with Crippen LogP contribution < -0.4 is 4.72 Å². The fourth-order valence-electron chi connectivity index (χ4n) is 2.83. The van der Waals surface area contributed by atoms with E-state index < -0.39 is 15.8 Å². The first-order chi connectivity index (χ1) is 12.0. The normalized spacial score (nSPS) is 14.9. The van der Waals surface area contributed by atoms with E-state index >= 15 is 0 Å². The van der Waals surface area contributed by atoms with Gasteiger partial charge in [0.15, 0.2) is 0 Å². The molecule has 1 amide bonds. The second-order valence-corrected chi connectivity index (χ2v) is 7.73. The second kappa shape index (κ2) is 7.33. The number of rotatable bonds is 6. The lowest BCUT2D eigenvalue weighted by Crippen LogP contribution is -2.27. The molecule has 5 nitrogen and oxygen atoms in total. The molecular weight excluding hydrogens is 343 g/mol. The summed E-state index contributed by atoms with van der Waals surface area (Å²) in [7, 11) is -3.73. The van der Waals surface area contributed by atoms with Crippen molar-refractivity contribution in [2.45, 2.75) is 30.8 Å². The maximum absolute atomic E-state index is 13.0. The van der Waals surface area contributed by atoms with Crippen molar-refractivity contribution >= 4 is 15.9 Å². The zero-order valence-electron chi connectivity index (χ0n) is 13.6. The van der Waals surface area contributed by atoms with Gasteiger partial charge in [0, 0.05) is 26.1 Å². The van der Waals surface area contributed by atoms with Gasteiger partial charge in [0.1, 0.15) is 5.82 Å². The predicted octanol–water partition coefficient (Wildman–Crippen LogP) is 2.43. The van der Waals surface area contributed by atoms with Gasteiger partial charge in [0.2, 0.25) is 15.9 Å². The van der Waals surface area contributed by atoms with Crippen LogP contribution in [0.5, 0.6) is 0 Å². The average molecular weight is 362 g/mol. The van der Waals surface area contributed by atoms with E-state index in [9.17, 15) is 17.6 Å². The molecule has 0 unspecified atom stereocenters. The maximum atomic E-state index is 13.0. The Labute approximate surface area is 146 Å². The van der Waals surface area contributed by atoms with Gasteiger partial charge in [-0.15, -0.1) is 0 Å². The number of likely N-dealkylation sites (tertiary alicyclic amines) is 1. The number of carbonyl (C=O) groups is 1. The van der Waals surface area contributed by atoms with Crippen molar-refractivity contribution in [1.29, 1.82) is 0 Å². The molecule has 1 aliphatic rings. The summed E-state index contributed by atoms with van der Waals surface area (Å²) in [6, 6.07) is 12.1. The van der Waals surface area contributed by atoms with E-state index in [1.54, 1.807) is 4.90 Å². The molecule has 0 atom stereocenters. The molecule has 0 saturated carbocycles. The lowest BCUT2D eigenvalue weighted by molar-refractivity contribution is -0.128. The Morgan fingerprint density at radius 1 is 1.04 bits per heavy atom. The molecule has 1 heterocycles. The smallest absolute Gasteiger partial charge is 0.240 e. The summed E-state index contributed by atoms with van der Waals surface area (Å²) in [4.78, 5) is 13.6. The predicted molar refractivity (Wildman–Crippen MR) is 91.5 cm³/mol. The van der Waals surface area contributed by atoms with E-state index in [1.807, 2.05) is 24.3 Å². The summed E-state index contributed by atoms with van der Waals surface area (Å²) < 4.78 is 40.1. The van der Waals surface area contributed by atoms with E-state index in [1.165, 1.54) is 12.1 Å². The summed E-state index contributed by atoms with van der Waals surface area (Å²) in [5.74, 6) is -0.360. The largest absolute Gasteiger partial charge is 0.338 e. The highest BCUT2D eigenvalue weighted by Gasteiger charge is 2.21. The molecule has 0 aliphatic carbocycles. The Hall–Kier alpha value is -2.25. The number of amides is 1. The minimum atomic E-state index is -3.73. The molecule has 2 aromatic carbocycles. The van der Waals surface area contributed by atoms with Crippen molar-refractivity contribution in [2.75, 3.05) is 6.54 Å². The summed E-state index contributed by atoms with van der Waals surface area (Å²) in [5, 5.41) is 0. The summed E-state index contributed by atoms with van der Waals surface area (Å²) in [5.41, 5.74) is 1.73. The maximum Gasteiger partial charge on any atom is 0.240 e. The monoisotopic (exact) mass is 362 g/mol. The fourth-order valence-corrected chi connectivity index (χ4v) is 3.84. The summed E-state index contributed by atoms with van der Waals surface area (Å²) in [6.07, 6.45) is 1.43. The molecule has 25 heavy (non-hydrogen) atoms. The Balaban J connectivity index is 1.72. The molecule has 1 saturated heterocycles. The van der Waals surface area contributed by atoms with Gasteiger partial charge in [0.25, 0.3) is 0 Å². The highest BCUT2D eigenvalue weighted by atomic mass is 32.2. The molecule has 1 fully saturated rings. The van der Waals surface area contributed by atoms with Crippen LogP contribution >= 0.6 is 0 Å². The lowest BCUT2D eigenvalue weighted by Gasteiger charge is -2.18. The van der Waals surface area contributed by atoms with E-state index in [4.69, 9.17) is 0 Å². The topological polar surface area (TPSA) is 66.5 Å². The lowest BCUT2D eigenvalue weighted by atomic mass is 10.1. The van der Waals surface area contributed by atoms with Crippen molar-refractivity contribution in [1.82, 2.24) is 9.62 Å². The molecule has 3 rings (SSSR count). The second-order valence-electron chi connectivity index (χ2n) is 5.97. The Morgan fingerprint density at radius 3 is 2.36 bits per heavy atom. The standard InChI is InChI=1S/C18H19FN2O3S/c19-16-7-9-17(10-8-16)25(23,24)20-12-14-4-1-2-5-15(14)13-21-11-3-6-18(21)22/h1-2,4-5,7-10,20H,3,6,11-13H2. The Bertz CT molecular complexity index is 866. The van der Waals surface area contributed by atoms with Gasteiger partial charge < -0.3 is 4.90 Å². The molecule has 7 heteroatoms. The van der Waals surface area contributed by atoms with Gasteiger partial charge in [-0.1, -0.05) is 24.3 Å². The van der Waals surface area contributed by atoms with Crippen LogP contribution in [0.1, 0.15) is 24.0 Å². The molecule has 0 radical (unpaired) electrons. The van der Waals surface area contributed by atoms with Crippen LogP contribution in [0.2, 0.25) is 0 Å². The van der Waals surface area contributed by atoms with Crippen molar-refractivity contribution in [2.24, 2.45) is 0 Å². The van der Waals surface area contributed by atoms with Crippen LogP contribution in [0.3, 0.4) is 0 Å². The molecule has 1 aliphatic heterocycles. The Morgan fingerprint density at radius 2 is 1.72 bits per heavy atom. The number of nitrogens with one attached hydrogen (secondary N) is 1. The van der Waals surface area contributed by atoms with E-state index in [0.29, 0.717) is 13.0 Å². The first-order valence-corrected chi connectivity index (χ1v) is 9.54.